The molecule has 7 nitrogen and oxygen atoms in total. The Labute approximate surface area is 198 Å². The number of amides is 2. The fourth-order valence-corrected chi connectivity index (χ4v) is 4.22. The maximum atomic E-state index is 13.9. The number of carbonyl (C=O) groups is 3. The van der Waals surface area contributed by atoms with E-state index in [0.29, 0.717) is 30.6 Å². The number of hydrogen-bond acceptors (Lipinski definition) is 4. The summed E-state index contributed by atoms with van der Waals surface area (Å²) in [5.74, 6) is -1.49. The van der Waals surface area contributed by atoms with Crippen molar-refractivity contribution >= 4 is 23.7 Å². The number of rotatable bonds is 7. The van der Waals surface area contributed by atoms with Crippen LogP contribution in [-0.2, 0) is 20.9 Å². The van der Waals surface area contributed by atoms with Gasteiger partial charge in [0.1, 0.15) is 18.7 Å². The Kier molecular flexibility index (Phi) is 7.22. The molecule has 3 aromatic carbocycles. The van der Waals surface area contributed by atoms with Gasteiger partial charge in [0.2, 0.25) is 0 Å². The number of benzene rings is 3. The molecule has 174 valence electrons. The van der Waals surface area contributed by atoms with Gasteiger partial charge in [0.15, 0.2) is 0 Å². The highest BCUT2D eigenvalue weighted by atomic mass is 16.6. The van der Waals surface area contributed by atoms with Crippen molar-refractivity contribution in [3.05, 3.63) is 102 Å². The molecule has 0 saturated carbocycles. The first-order chi connectivity index (χ1) is 16.6. The summed E-state index contributed by atoms with van der Waals surface area (Å²) in [6, 6.07) is 25.0. The van der Waals surface area contributed by atoms with Crippen LogP contribution in [0.2, 0.25) is 0 Å². The molecule has 34 heavy (non-hydrogen) atoms. The predicted molar refractivity (Wildman–Crippen MR) is 127 cm³/mol. The predicted octanol–water partition coefficient (Wildman–Crippen LogP) is 4.65. The van der Waals surface area contributed by atoms with Crippen LogP contribution in [0.5, 0.6) is 0 Å². The van der Waals surface area contributed by atoms with E-state index >= 15 is 0 Å². The highest BCUT2D eigenvalue weighted by molar-refractivity contribution is 5.99. The fourth-order valence-electron chi connectivity index (χ4n) is 4.22. The summed E-state index contributed by atoms with van der Waals surface area (Å²) in [5, 5.41) is 9.66. The van der Waals surface area contributed by atoms with Crippen LogP contribution in [0.3, 0.4) is 0 Å². The Morgan fingerprint density at radius 1 is 0.912 bits per heavy atom. The number of nitrogens with zero attached hydrogens (tertiary/aromatic N) is 2. The number of aliphatic carboxylic acids is 1. The fraction of sp³-hybridized carbons (Fsp3) is 0.222. The molecule has 0 radical (unpaired) electrons. The Bertz CT molecular complexity index is 1120. The van der Waals surface area contributed by atoms with Crippen molar-refractivity contribution in [3.8, 4) is 0 Å². The Morgan fingerprint density at radius 2 is 1.50 bits per heavy atom. The van der Waals surface area contributed by atoms with Crippen LogP contribution in [0.1, 0.15) is 30.0 Å². The van der Waals surface area contributed by atoms with E-state index in [0.717, 1.165) is 5.56 Å². The van der Waals surface area contributed by atoms with Crippen molar-refractivity contribution in [2.45, 2.75) is 31.5 Å². The lowest BCUT2D eigenvalue weighted by atomic mass is 10.0. The number of hydrogen-bond donors (Lipinski definition) is 1. The molecule has 1 saturated heterocycles. The van der Waals surface area contributed by atoms with Gasteiger partial charge in [0.05, 0.1) is 0 Å². The van der Waals surface area contributed by atoms with Gasteiger partial charge in [0.25, 0.3) is 5.91 Å². The molecule has 0 aliphatic carbocycles. The van der Waals surface area contributed by atoms with Gasteiger partial charge in [-0.2, -0.15) is 0 Å². The van der Waals surface area contributed by atoms with Crippen LogP contribution in [-0.4, -0.2) is 40.6 Å². The van der Waals surface area contributed by atoms with Crippen molar-refractivity contribution in [2.75, 3.05) is 11.4 Å². The molecule has 7 heteroatoms. The molecule has 2 amide bonds. The van der Waals surface area contributed by atoms with E-state index < -0.39 is 30.1 Å². The first kappa shape index (κ1) is 23.0. The molecule has 1 heterocycles. The van der Waals surface area contributed by atoms with E-state index in [-0.39, 0.29) is 6.61 Å². The van der Waals surface area contributed by atoms with Crippen LogP contribution in [0.25, 0.3) is 0 Å². The average Bonchev–Trinajstić information content (AvgIpc) is 3.38. The van der Waals surface area contributed by atoms with E-state index in [1.165, 1.54) is 9.80 Å². The number of anilines is 1. The van der Waals surface area contributed by atoms with Crippen LogP contribution < -0.4 is 4.90 Å². The summed E-state index contributed by atoms with van der Waals surface area (Å²) in [4.78, 5) is 41.8. The highest BCUT2D eigenvalue weighted by Crippen LogP contribution is 2.32. The molecular formula is C27H26N2O5. The first-order valence-electron chi connectivity index (χ1n) is 11.2. The van der Waals surface area contributed by atoms with Gasteiger partial charge in [0, 0.05) is 12.2 Å². The van der Waals surface area contributed by atoms with Crippen LogP contribution in [0, 0.1) is 0 Å². The standard InChI is InChI=1S/C27H26N2O5/c30-25(28-18-10-17-23(28)26(31)32)24(21-13-6-2-7-14-21)29(22-15-8-3-9-16-22)27(33)34-19-20-11-4-1-5-12-20/h1-9,11-16,23-24H,10,17-19H2,(H,31,32)/t23-,24?/m0/s1. The summed E-state index contributed by atoms with van der Waals surface area (Å²) in [5.41, 5.74) is 1.87. The second-order valence-corrected chi connectivity index (χ2v) is 8.09. The molecule has 1 N–H and O–H groups in total. The minimum atomic E-state index is -1.08. The second kappa shape index (κ2) is 10.7. The largest absolute Gasteiger partial charge is 0.480 e. The van der Waals surface area contributed by atoms with Gasteiger partial charge < -0.3 is 14.7 Å². The smallest absolute Gasteiger partial charge is 0.415 e. The van der Waals surface area contributed by atoms with Crippen molar-refractivity contribution in [1.29, 1.82) is 0 Å². The summed E-state index contributed by atoms with van der Waals surface area (Å²) in [6.07, 6.45) is 0.281. The number of para-hydroxylation sites is 1. The summed E-state index contributed by atoms with van der Waals surface area (Å²) in [6.45, 7) is 0.362. The highest BCUT2D eigenvalue weighted by Gasteiger charge is 2.42. The third kappa shape index (κ3) is 5.09. The Balaban J connectivity index is 1.73. The van der Waals surface area contributed by atoms with E-state index in [2.05, 4.69) is 0 Å². The zero-order chi connectivity index (χ0) is 23.9. The molecule has 0 bridgehead atoms. The summed E-state index contributed by atoms with van der Waals surface area (Å²) >= 11 is 0. The average molecular weight is 459 g/mol. The molecule has 1 aliphatic heterocycles. The van der Waals surface area contributed by atoms with E-state index in [1.807, 2.05) is 42.5 Å². The Hall–Kier alpha value is -4.13. The van der Waals surface area contributed by atoms with E-state index in [9.17, 15) is 19.5 Å². The lowest BCUT2D eigenvalue weighted by Crippen LogP contribution is -2.49. The number of carboxylic acids is 1. The van der Waals surface area contributed by atoms with Crippen LogP contribution >= 0.6 is 0 Å². The third-order valence-electron chi connectivity index (χ3n) is 5.86. The minimum absolute atomic E-state index is 0.0418. The Morgan fingerprint density at radius 3 is 2.12 bits per heavy atom. The van der Waals surface area contributed by atoms with Crippen LogP contribution in [0.4, 0.5) is 10.5 Å². The number of ether oxygens (including phenoxy) is 1. The number of carboxylic acid groups (broad SMARTS) is 1. The molecule has 0 aromatic heterocycles. The lowest BCUT2D eigenvalue weighted by molar-refractivity contribution is -0.148. The number of carbonyl (C=O) groups excluding carboxylic acids is 2. The lowest BCUT2D eigenvalue weighted by Gasteiger charge is -2.34. The van der Waals surface area contributed by atoms with Crippen molar-refractivity contribution in [2.24, 2.45) is 0 Å². The summed E-state index contributed by atoms with van der Waals surface area (Å²) in [7, 11) is 0. The SMILES string of the molecule is O=C(O)[C@@H]1CCCN1C(=O)C(c1ccccc1)N(C(=O)OCc1ccccc1)c1ccccc1. The zero-order valence-electron chi connectivity index (χ0n) is 18.6. The summed E-state index contributed by atoms with van der Waals surface area (Å²) < 4.78 is 5.63. The third-order valence-corrected chi connectivity index (χ3v) is 5.86. The maximum Gasteiger partial charge on any atom is 0.415 e. The molecule has 1 unspecified atom stereocenters. The molecular weight excluding hydrogens is 432 g/mol. The van der Waals surface area contributed by atoms with Crippen molar-refractivity contribution < 1.29 is 24.2 Å². The van der Waals surface area contributed by atoms with E-state index in [4.69, 9.17) is 4.74 Å². The van der Waals surface area contributed by atoms with E-state index in [1.54, 1.807) is 48.5 Å². The normalized spacial score (nSPS) is 16.0. The number of likely N-dealkylation sites (tertiary alicyclic amines) is 1. The topological polar surface area (TPSA) is 87.2 Å². The monoisotopic (exact) mass is 458 g/mol. The van der Waals surface area contributed by atoms with Gasteiger partial charge >= 0.3 is 12.1 Å². The first-order valence-corrected chi connectivity index (χ1v) is 11.2. The molecule has 3 aromatic rings. The quantitative estimate of drug-likeness (QED) is 0.557. The van der Waals surface area contributed by atoms with Crippen molar-refractivity contribution in [3.63, 3.8) is 0 Å². The van der Waals surface area contributed by atoms with Gasteiger partial charge in [-0.3, -0.25) is 9.69 Å². The van der Waals surface area contributed by atoms with Crippen molar-refractivity contribution in [1.82, 2.24) is 4.90 Å². The molecule has 1 aliphatic rings. The zero-order valence-corrected chi connectivity index (χ0v) is 18.6. The second-order valence-electron chi connectivity index (χ2n) is 8.09. The van der Waals surface area contributed by atoms with Gasteiger partial charge in [-0.15, -0.1) is 0 Å². The van der Waals surface area contributed by atoms with Gasteiger partial charge in [-0.25, -0.2) is 9.59 Å². The molecule has 2 atom stereocenters. The van der Waals surface area contributed by atoms with Crippen LogP contribution in [0.15, 0.2) is 91.0 Å². The van der Waals surface area contributed by atoms with Gasteiger partial charge in [-0.1, -0.05) is 78.9 Å². The minimum Gasteiger partial charge on any atom is -0.480 e. The molecule has 4 rings (SSSR count). The molecule has 1 fully saturated rings. The van der Waals surface area contributed by atoms with Gasteiger partial charge in [-0.05, 0) is 36.1 Å². The molecule has 0 spiro atoms. The maximum absolute atomic E-state index is 13.9.